The normalized spacial score (nSPS) is 13.8. The van der Waals surface area contributed by atoms with Crippen molar-refractivity contribution in [2.24, 2.45) is 0 Å². The Morgan fingerprint density at radius 1 is 1.00 bits per heavy atom. The van der Waals surface area contributed by atoms with Crippen LogP contribution in [0.2, 0.25) is 0 Å². The minimum Gasteiger partial charge on any atom is -0.480 e. The number of hydrogen-bond acceptors (Lipinski definition) is 5. The van der Waals surface area contributed by atoms with E-state index in [4.69, 9.17) is 4.74 Å². The Morgan fingerprint density at radius 3 is 2.17 bits per heavy atom. The molecular formula is C26H23BrN2O6. The van der Waals surface area contributed by atoms with E-state index in [0.29, 0.717) is 4.47 Å². The first kappa shape index (κ1) is 24.4. The standard InChI is InChI=1S/C26H23BrN2O6/c1-14(30)23(25(32)33)29-24(31)20-11-10-15(27)12-22(20)28-26(34)35-13-21-18-8-4-2-6-16(18)17-7-3-5-9-19(17)21/h2-12,14,21,23,30H,13H2,1H3,(H,28,34)(H,29,31)(H,32,33)/t14-,23+/m1/s1. The van der Waals surface area contributed by atoms with Crippen molar-refractivity contribution in [1.29, 1.82) is 0 Å². The van der Waals surface area contributed by atoms with Gasteiger partial charge in [0.05, 0.1) is 17.4 Å². The van der Waals surface area contributed by atoms with E-state index in [9.17, 15) is 24.6 Å². The summed E-state index contributed by atoms with van der Waals surface area (Å²) < 4.78 is 6.14. The van der Waals surface area contributed by atoms with Crippen molar-refractivity contribution in [2.75, 3.05) is 11.9 Å². The molecule has 0 aromatic heterocycles. The van der Waals surface area contributed by atoms with Gasteiger partial charge in [0.2, 0.25) is 0 Å². The zero-order valence-corrected chi connectivity index (χ0v) is 20.3. The summed E-state index contributed by atoms with van der Waals surface area (Å²) in [7, 11) is 0. The molecule has 9 heteroatoms. The molecule has 1 aliphatic carbocycles. The van der Waals surface area contributed by atoms with E-state index in [0.717, 1.165) is 22.3 Å². The molecule has 0 aliphatic heterocycles. The number of carboxylic acids is 1. The number of hydrogen-bond donors (Lipinski definition) is 4. The Balaban J connectivity index is 1.49. The average molecular weight is 539 g/mol. The van der Waals surface area contributed by atoms with E-state index in [2.05, 4.69) is 26.6 Å². The summed E-state index contributed by atoms with van der Waals surface area (Å²) in [4.78, 5) is 36.8. The molecule has 0 saturated heterocycles. The topological polar surface area (TPSA) is 125 Å². The summed E-state index contributed by atoms with van der Waals surface area (Å²) >= 11 is 3.30. The van der Waals surface area contributed by atoms with Gasteiger partial charge in [-0.15, -0.1) is 0 Å². The number of aliphatic hydroxyl groups is 1. The first-order valence-electron chi connectivity index (χ1n) is 10.9. The molecule has 1 aliphatic rings. The molecule has 0 bridgehead atoms. The van der Waals surface area contributed by atoms with Gasteiger partial charge in [0.25, 0.3) is 5.91 Å². The number of rotatable bonds is 7. The first-order valence-corrected chi connectivity index (χ1v) is 11.7. The molecule has 0 radical (unpaired) electrons. The van der Waals surface area contributed by atoms with Crippen LogP contribution >= 0.6 is 15.9 Å². The largest absolute Gasteiger partial charge is 0.480 e. The first-order chi connectivity index (χ1) is 16.8. The van der Waals surface area contributed by atoms with Crippen LogP contribution in [0.1, 0.15) is 34.3 Å². The van der Waals surface area contributed by atoms with Crippen molar-refractivity contribution in [2.45, 2.75) is 25.0 Å². The summed E-state index contributed by atoms with van der Waals surface area (Å²) in [5.74, 6) is -2.27. The second kappa shape index (κ2) is 10.3. The van der Waals surface area contributed by atoms with Crippen LogP contribution in [0.4, 0.5) is 10.5 Å². The molecule has 2 atom stereocenters. The van der Waals surface area contributed by atoms with Crippen LogP contribution in [-0.4, -0.2) is 46.9 Å². The Bertz CT molecular complexity index is 1250. The van der Waals surface area contributed by atoms with Crippen LogP contribution in [0.5, 0.6) is 0 Å². The van der Waals surface area contributed by atoms with Gasteiger partial charge in [-0.3, -0.25) is 10.1 Å². The predicted molar refractivity (Wildman–Crippen MR) is 133 cm³/mol. The Kier molecular flexibility index (Phi) is 7.18. The number of fused-ring (bicyclic) bond motifs is 3. The Morgan fingerprint density at radius 2 is 1.60 bits per heavy atom. The zero-order chi connectivity index (χ0) is 25.1. The van der Waals surface area contributed by atoms with Gasteiger partial charge in [-0.25, -0.2) is 9.59 Å². The molecule has 0 fully saturated rings. The number of carbonyl (C=O) groups is 3. The lowest BCUT2D eigenvalue weighted by molar-refractivity contribution is -0.141. The number of aliphatic hydroxyl groups excluding tert-OH is 1. The fraction of sp³-hybridized carbons (Fsp3) is 0.192. The highest BCUT2D eigenvalue weighted by molar-refractivity contribution is 9.10. The second-order valence-corrected chi connectivity index (χ2v) is 9.09. The summed E-state index contributed by atoms with van der Waals surface area (Å²) in [5, 5.41) is 23.7. The van der Waals surface area contributed by atoms with Gasteiger partial charge in [0.15, 0.2) is 6.04 Å². The highest BCUT2D eigenvalue weighted by atomic mass is 79.9. The fourth-order valence-electron chi connectivity index (χ4n) is 4.17. The van der Waals surface area contributed by atoms with Crippen LogP contribution in [0.25, 0.3) is 11.1 Å². The number of amides is 2. The monoisotopic (exact) mass is 538 g/mol. The van der Waals surface area contributed by atoms with Gasteiger partial charge in [0, 0.05) is 10.4 Å². The van der Waals surface area contributed by atoms with Gasteiger partial charge >= 0.3 is 12.1 Å². The Hall–Kier alpha value is -3.69. The van der Waals surface area contributed by atoms with Crippen molar-refractivity contribution in [3.05, 3.63) is 87.9 Å². The quantitative estimate of drug-likeness (QED) is 0.354. The van der Waals surface area contributed by atoms with Crippen molar-refractivity contribution in [3.8, 4) is 11.1 Å². The van der Waals surface area contributed by atoms with Crippen LogP contribution in [-0.2, 0) is 9.53 Å². The van der Waals surface area contributed by atoms with E-state index in [1.54, 1.807) is 6.07 Å². The average Bonchev–Trinajstić information content (AvgIpc) is 3.14. The van der Waals surface area contributed by atoms with E-state index in [-0.39, 0.29) is 23.8 Å². The third-order valence-corrected chi connectivity index (χ3v) is 6.33. The van der Waals surface area contributed by atoms with Gasteiger partial charge in [-0.05, 0) is 47.4 Å². The number of aliphatic carboxylic acids is 1. The van der Waals surface area contributed by atoms with Gasteiger partial charge < -0.3 is 20.3 Å². The minimum absolute atomic E-state index is 0.0219. The van der Waals surface area contributed by atoms with E-state index in [1.807, 2.05) is 48.5 Å². The molecule has 4 rings (SSSR count). The molecular weight excluding hydrogens is 516 g/mol. The van der Waals surface area contributed by atoms with Gasteiger partial charge in [0.1, 0.15) is 6.61 Å². The molecule has 0 saturated carbocycles. The molecule has 180 valence electrons. The van der Waals surface area contributed by atoms with E-state index >= 15 is 0 Å². The number of carbonyl (C=O) groups excluding carboxylic acids is 2. The second-order valence-electron chi connectivity index (χ2n) is 8.17. The maximum absolute atomic E-state index is 12.7. The van der Waals surface area contributed by atoms with Crippen LogP contribution < -0.4 is 10.6 Å². The lowest BCUT2D eigenvalue weighted by atomic mass is 9.98. The molecule has 0 unspecified atom stereocenters. The van der Waals surface area contributed by atoms with Crippen molar-refractivity contribution < 1.29 is 29.3 Å². The van der Waals surface area contributed by atoms with Crippen molar-refractivity contribution >= 4 is 39.6 Å². The molecule has 0 heterocycles. The maximum Gasteiger partial charge on any atom is 0.411 e. The SMILES string of the molecule is C[C@@H](O)[C@H](NC(=O)c1ccc(Br)cc1NC(=O)OCC1c2ccccc2-c2ccccc21)C(=O)O. The molecule has 0 spiro atoms. The highest BCUT2D eigenvalue weighted by Gasteiger charge is 2.30. The van der Waals surface area contributed by atoms with Crippen molar-refractivity contribution in [1.82, 2.24) is 5.32 Å². The lowest BCUT2D eigenvalue weighted by Gasteiger charge is -2.19. The number of halogens is 1. The predicted octanol–water partition coefficient (Wildman–Crippen LogP) is 4.37. The summed E-state index contributed by atoms with van der Waals surface area (Å²) in [6, 6.07) is 19.0. The highest BCUT2D eigenvalue weighted by Crippen LogP contribution is 2.44. The molecule has 35 heavy (non-hydrogen) atoms. The number of ether oxygens (including phenoxy) is 1. The third kappa shape index (κ3) is 5.21. The van der Waals surface area contributed by atoms with Gasteiger partial charge in [-0.1, -0.05) is 64.5 Å². The lowest BCUT2D eigenvalue weighted by Crippen LogP contribution is -2.47. The summed E-state index contributed by atoms with van der Waals surface area (Å²) in [6.07, 6.45) is -2.07. The molecule has 8 nitrogen and oxygen atoms in total. The number of benzene rings is 3. The van der Waals surface area contributed by atoms with Crippen LogP contribution in [0.15, 0.2) is 71.2 Å². The van der Waals surface area contributed by atoms with Crippen LogP contribution in [0, 0.1) is 0 Å². The zero-order valence-electron chi connectivity index (χ0n) is 18.7. The summed E-state index contributed by atoms with van der Waals surface area (Å²) in [5.41, 5.74) is 4.50. The number of nitrogens with one attached hydrogen (secondary N) is 2. The smallest absolute Gasteiger partial charge is 0.411 e. The molecule has 3 aromatic carbocycles. The van der Waals surface area contributed by atoms with E-state index in [1.165, 1.54) is 19.1 Å². The van der Waals surface area contributed by atoms with Crippen LogP contribution in [0.3, 0.4) is 0 Å². The third-order valence-electron chi connectivity index (χ3n) is 5.84. The molecule has 3 aromatic rings. The number of carboxylic acid groups (broad SMARTS) is 1. The number of anilines is 1. The molecule has 2 amide bonds. The van der Waals surface area contributed by atoms with Crippen molar-refractivity contribution in [3.63, 3.8) is 0 Å². The molecule has 4 N–H and O–H groups in total. The Labute approximate surface area is 210 Å². The van der Waals surface area contributed by atoms with E-state index < -0.39 is 30.1 Å². The minimum atomic E-state index is -1.51. The maximum atomic E-state index is 12.7. The fourth-order valence-corrected chi connectivity index (χ4v) is 4.53. The summed E-state index contributed by atoms with van der Waals surface area (Å²) in [6.45, 7) is 1.36. The van der Waals surface area contributed by atoms with Gasteiger partial charge in [-0.2, -0.15) is 0 Å².